The lowest BCUT2D eigenvalue weighted by Crippen LogP contribution is -2.07. The van der Waals surface area contributed by atoms with Gasteiger partial charge in [0.2, 0.25) is 0 Å². The molecule has 3 N–H and O–H groups in total. The zero-order chi connectivity index (χ0) is 12.6. The number of aromatic nitrogens is 2. The molecule has 0 spiro atoms. The van der Waals surface area contributed by atoms with Crippen LogP contribution in [0.1, 0.15) is 11.1 Å². The van der Waals surface area contributed by atoms with Crippen LogP contribution in [0.2, 0.25) is 0 Å². The number of nitrogens with one attached hydrogen (secondary N) is 1. The minimum atomic E-state index is -4.20. The smallest absolute Gasteiger partial charge is 0.321 e. The molecule has 2 rings (SSSR count). The van der Waals surface area contributed by atoms with E-state index in [0.717, 1.165) is 22.4 Å². The van der Waals surface area contributed by atoms with E-state index in [9.17, 15) is 4.57 Å². The number of aryl methyl sites for hydroxylation is 2. The fourth-order valence-corrected chi connectivity index (χ4v) is 2.64. The van der Waals surface area contributed by atoms with E-state index >= 15 is 0 Å². The summed E-state index contributed by atoms with van der Waals surface area (Å²) >= 11 is 0. The normalized spacial score (nSPS) is 11.8. The first-order chi connectivity index (χ1) is 7.89. The Bertz CT molecular complexity index is 564. The fourth-order valence-electron chi connectivity index (χ4n) is 1.91. The maximum Gasteiger partial charge on any atom is 0.356 e. The van der Waals surface area contributed by atoms with Gasteiger partial charge in [-0.05, 0) is 43.2 Å². The Labute approximate surface area is 98.7 Å². The summed E-state index contributed by atoms with van der Waals surface area (Å²) in [5.41, 5.74) is 3.28. The topological polar surface area (TPSA) is 86.2 Å². The molecule has 0 saturated carbocycles. The van der Waals surface area contributed by atoms with Crippen LogP contribution in [0, 0.1) is 13.8 Å². The summed E-state index contributed by atoms with van der Waals surface area (Å²) in [7, 11) is -4.20. The van der Waals surface area contributed by atoms with Crippen molar-refractivity contribution >= 4 is 12.9 Å². The summed E-state index contributed by atoms with van der Waals surface area (Å²) < 4.78 is 11.2. The summed E-state index contributed by atoms with van der Waals surface area (Å²) in [4.78, 5) is 18.3. The van der Waals surface area contributed by atoms with Crippen LogP contribution in [0.5, 0.6) is 0 Å². The van der Waals surface area contributed by atoms with E-state index in [1.165, 1.54) is 12.1 Å². The van der Waals surface area contributed by atoms with E-state index in [1.807, 2.05) is 19.9 Å². The van der Waals surface area contributed by atoms with Gasteiger partial charge >= 0.3 is 7.60 Å². The van der Waals surface area contributed by atoms with Crippen molar-refractivity contribution in [1.29, 1.82) is 0 Å². The molecule has 0 radical (unpaired) electrons. The van der Waals surface area contributed by atoms with Gasteiger partial charge in [0.15, 0.2) is 0 Å². The number of rotatable bonds is 2. The molecule has 2 aromatic rings. The Kier molecular flexibility index (Phi) is 2.91. The molecule has 1 heterocycles. The molecule has 0 fully saturated rings. The van der Waals surface area contributed by atoms with Crippen LogP contribution in [0.25, 0.3) is 11.3 Å². The summed E-state index contributed by atoms with van der Waals surface area (Å²) in [5.74, 6) is 0. The second-order valence-corrected chi connectivity index (χ2v) is 5.56. The second-order valence-electron chi connectivity index (χ2n) is 3.96. The van der Waals surface area contributed by atoms with E-state index in [4.69, 9.17) is 9.79 Å². The average molecular weight is 252 g/mol. The Balaban J connectivity index is 2.62. The number of hydrogen-bond donors (Lipinski definition) is 3. The van der Waals surface area contributed by atoms with Gasteiger partial charge in [0.25, 0.3) is 0 Å². The van der Waals surface area contributed by atoms with Crippen molar-refractivity contribution in [2.75, 3.05) is 0 Å². The molecule has 0 bridgehead atoms. The third-order valence-corrected chi connectivity index (χ3v) is 3.54. The predicted molar refractivity (Wildman–Crippen MR) is 65.2 cm³/mol. The molecule has 0 amide bonds. The van der Waals surface area contributed by atoms with Crippen LogP contribution in [0.15, 0.2) is 24.4 Å². The Hall–Kier alpha value is -1.42. The summed E-state index contributed by atoms with van der Waals surface area (Å²) in [6, 6.07) is 4.85. The molecule has 0 saturated heterocycles. The highest BCUT2D eigenvalue weighted by atomic mass is 31.2. The summed E-state index contributed by atoms with van der Waals surface area (Å²) in [5, 5.41) is 6.85. The molecule has 1 aromatic heterocycles. The number of nitrogens with zero attached hydrogens (tertiary/aromatic N) is 1. The van der Waals surface area contributed by atoms with Crippen molar-refractivity contribution in [3.05, 3.63) is 35.5 Å². The van der Waals surface area contributed by atoms with Crippen LogP contribution < -0.4 is 5.30 Å². The number of aromatic amines is 1. The molecule has 17 heavy (non-hydrogen) atoms. The largest absolute Gasteiger partial charge is 0.356 e. The van der Waals surface area contributed by atoms with Crippen molar-refractivity contribution in [2.24, 2.45) is 0 Å². The lowest BCUT2D eigenvalue weighted by molar-refractivity contribution is 0.387. The molecule has 5 nitrogen and oxygen atoms in total. The molecular formula is C11H13N2O3P. The third kappa shape index (κ3) is 2.31. The van der Waals surface area contributed by atoms with Crippen LogP contribution in [-0.2, 0) is 4.57 Å². The standard InChI is InChI=1S/C11H13N2O3P/c1-7-5-9(17(14,15)16)6-8(2)11(7)10-3-4-12-13-10/h3-6H,1-2H3,(H,12,13)(H2,14,15,16). The van der Waals surface area contributed by atoms with Gasteiger partial charge in [-0.1, -0.05) is 0 Å². The first kappa shape index (κ1) is 12.0. The fraction of sp³-hybridized carbons (Fsp3) is 0.182. The van der Waals surface area contributed by atoms with Crippen molar-refractivity contribution < 1.29 is 14.4 Å². The van der Waals surface area contributed by atoms with Crippen molar-refractivity contribution in [3.8, 4) is 11.3 Å². The van der Waals surface area contributed by atoms with Gasteiger partial charge in [-0.2, -0.15) is 5.10 Å². The molecule has 0 aliphatic heterocycles. The highest BCUT2D eigenvalue weighted by molar-refractivity contribution is 7.60. The number of H-pyrrole nitrogens is 1. The zero-order valence-corrected chi connectivity index (χ0v) is 10.4. The molecule has 0 aliphatic rings. The molecule has 0 aliphatic carbocycles. The van der Waals surface area contributed by atoms with E-state index in [1.54, 1.807) is 6.20 Å². The molecule has 90 valence electrons. The lowest BCUT2D eigenvalue weighted by Gasteiger charge is -2.11. The highest BCUT2D eigenvalue weighted by Gasteiger charge is 2.20. The quantitative estimate of drug-likeness (QED) is 0.707. The van der Waals surface area contributed by atoms with Gasteiger partial charge < -0.3 is 9.79 Å². The molecule has 1 aromatic carbocycles. The van der Waals surface area contributed by atoms with Crippen LogP contribution in [0.4, 0.5) is 0 Å². The van der Waals surface area contributed by atoms with Crippen LogP contribution >= 0.6 is 7.60 Å². The summed E-state index contributed by atoms with van der Waals surface area (Å²) in [6.45, 7) is 3.63. The van der Waals surface area contributed by atoms with Gasteiger partial charge in [-0.25, -0.2) is 0 Å². The number of hydrogen-bond acceptors (Lipinski definition) is 2. The maximum absolute atomic E-state index is 11.2. The Morgan fingerprint density at radius 1 is 1.24 bits per heavy atom. The Morgan fingerprint density at radius 2 is 1.82 bits per heavy atom. The zero-order valence-electron chi connectivity index (χ0n) is 9.51. The van der Waals surface area contributed by atoms with Crippen molar-refractivity contribution in [2.45, 2.75) is 13.8 Å². The van der Waals surface area contributed by atoms with E-state index in [-0.39, 0.29) is 5.30 Å². The molecular weight excluding hydrogens is 239 g/mol. The monoisotopic (exact) mass is 252 g/mol. The maximum atomic E-state index is 11.2. The minimum absolute atomic E-state index is 0.0479. The average Bonchev–Trinajstić information content (AvgIpc) is 2.68. The second kappa shape index (κ2) is 4.11. The van der Waals surface area contributed by atoms with Crippen LogP contribution in [0.3, 0.4) is 0 Å². The molecule has 0 unspecified atom stereocenters. The van der Waals surface area contributed by atoms with Gasteiger partial charge in [0.1, 0.15) is 0 Å². The SMILES string of the molecule is Cc1cc(P(=O)(O)O)cc(C)c1-c1cc[nH]n1. The van der Waals surface area contributed by atoms with E-state index in [2.05, 4.69) is 10.2 Å². The lowest BCUT2D eigenvalue weighted by atomic mass is 10.0. The predicted octanol–water partition coefficient (Wildman–Crippen LogP) is 1.50. The van der Waals surface area contributed by atoms with Gasteiger partial charge in [-0.3, -0.25) is 9.66 Å². The third-order valence-electron chi connectivity index (χ3n) is 2.61. The Morgan fingerprint density at radius 3 is 2.24 bits per heavy atom. The van der Waals surface area contributed by atoms with Gasteiger partial charge in [0, 0.05) is 11.8 Å². The molecule has 0 atom stereocenters. The molecule has 6 heteroatoms. The van der Waals surface area contributed by atoms with Gasteiger partial charge in [0.05, 0.1) is 11.0 Å². The van der Waals surface area contributed by atoms with Crippen molar-refractivity contribution in [3.63, 3.8) is 0 Å². The van der Waals surface area contributed by atoms with E-state index < -0.39 is 7.60 Å². The highest BCUT2D eigenvalue weighted by Crippen LogP contribution is 2.36. The minimum Gasteiger partial charge on any atom is -0.321 e. The summed E-state index contributed by atoms with van der Waals surface area (Å²) in [6.07, 6.45) is 1.71. The van der Waals surface area contributed by atoms with Crippen molar-refractivity contribution in [1.82, 2.24) is 10.2 Å². The first-order valence-corrected chi connectivity index (χ1v) is 6.68. The van der Waals surface area contributed by atoms with Crippen LogP contribution in [-0.4, -0.2) is 20.0 Å². The number of benzene rings is 1. The first-order valence-electron chi connectivity index (χ1n) is 5.07. The van der Waals surface area contributed by atoms with E-state index in [0.29, 0.717) is 0 Å². The van der Waals surface area contributed by atoms with Gasteiger partial charge in [-0.15, -0.1) is 0 Å².